The molecule has 3 rings (SSSR count). The van der Waals surface area contributed by atoms with Crippen LogP contribution in [0.25, 0.3) is 11.4 Å². The Morgan fingerprint density at radius 2 is 1.81 bits per heavy atom. The Balaban J connectivity index is 1.69. The predicted molar refractivity (Wildman–Crippen MR) is 93.2 cm³/mol. The van der Waals surface area contributed by atoms with Crippen molar-refractivity contribution in [2.75, 3.05) is 0 Å². The van der Waals surface area contributed by atoms with Gasteiger partial charge in [0.15, 0.2) is 5.82 Å². The van der Waals surface area contributed by atoms with Gasteiger partial charge in [-0.05, 0) is 29.8 Å². The van der Waals surface area contributed by atoms with Crippen molar-refractivity contribution in [3.05, 3.63) is 63.0 Å². The number of aromatic amines is 1. The second-order valence-corrected chi connectivity index (χ2v) is 7.17. The molecule has 0 aliphatic rings. The fourth-order valence-electron chi connectivity index (χ4n) is 1.82. The number of hydrogen-bond acceptors (Lipinski definition) is 3. The van der Waals surface area contributed by atoms with E-state index in [0.717, 1.165) is 31.2 Å². The van der Waals surface area contributed by atoms with Crippen molar-refractivity contribution < 1.29 is 0 Å². The van der Waals surface area contributed by atoms with E-state index in [2.05, 4.69) is 59.2 Å². The summed E-state index contributed by atoms with van der Waals surface area (Å²) >= 11 is 8.52. The van der Waals surface area contributed by atoms with Crippen molar-refractivity contribution in [2.45, 2.75) is 10.9 Å². The van der Waals surface area contributed by atoms with Crippen LogP contribution in [0.1, 0.15) is 5.56 Å². The SMILES string of the molecule is Brc1ccc(-c2nc(SCc3cccc(Br)c3)n[nH]2)cc1. The third-order valence-electron chi connectivity index (χ3n) is 2.84. The van der Waals surface area contributed by atoms with Crippen molar-refractivity contribution >= 4 is 43.6 Å². The first-order chi connectivity index (χ1) is 10.2. The van der Waals surface area contributed by atoms with E-state index >= 15 is 0 Å². The number of nitrogens with one attached hydrogen (secondary N) is 1. The molecule has 2 aromatic carbocycles. The van der Waals surface area contributed by atoms with Gasteiger partial charge in [-0.25, -0.2) is 4.98 Å². The summed E-state index contributed by atoms with van der Waals surface area (Å²) in [5, 5.41) is 8.00. The van der Waals surface area contributed by atoms with Crippen molar-refractivity contribution in [3.63, 3.8) is 0 Å². The van der Waals surface area contributed by atoms with Gasteiger partial charge in [0.1, 0.15) is 0 Å². The van der Waals surface area contributed by atoms with Crippen LogP contribution in [0, 0.1) is 0 Å². The van der Waals surface area contributed by atoms with E-state index in [1.807, 2.05) is 36.4 Å². The number of halogens is 2. The Morgan fingerprint density at radius 1 is 1.00 bits per heavy atom. The maximum absolute atomic E-state index is 4.52. The van der Waals surface area contributed by atoms with E-state index in [1.165, 1.54) is 5.56 Å². The molecule has 0 spiro atoms. The van der Waals surface area contributed by atoms with Crippen LogP contribution in [0.3, 0.4) is 0 Å². The highest BCUT2D eigenvalue weighted by Crippen LogP contribution is 2.24. The van der Waals surface area contributed by atoms with Gasteiger partial charge >= 0.3 is 0 Å². The van der Waals surface area contributed by atoms with E-state index < -0.39 is 0 Å². The largest absolute Gasteiger partial charge is 0.258 e. The van der Waals surface area contributed by atoms with Gasteiger partial charge in [-0.3, -0.25) is 5.10 Å². The van der Waals surface area contributed by atoms with Gasteiger partial charge in [-0.2, -0.15) is 0 Å². The van der Waals surface area contributed by atoms with Crippen LogP contribution < -0.4 is 0 Å². The second kappa shape index (κ2) is 6.77. The van der Waals surface area contributed by atoms with Gasteiger partial charge in [0.25, 0.3) is 0 Å². The van der Waals surface area contributed by atoms with Crippen LogP contribution in [0.5, 0.6) is 0 Å². The topological polar surface area (TPSA) is 41.6 Å². The molecule has 0 saturated heterocycles. The third-order valence-corrected chi connectivity index (χ3v) is 4.78. The molecule has 1 N–H and O–H groups in total. The molecule has 21 heavy (non-hydrogen) atoms. The zero-order valence-electron chi connectivity index (χ0n) is 10.9. The minimum absolute atomic E-state index is 0.757. The van der Waals surface area contributed by atoms with Gasteiger partial charge in [0.2, 0.25) is 5.16 Å². The Labute approximate surface area is 143 Å². The fraction of sp³-hybridized carbons (Fsp3) is 0.0667. The number of nitrogens with zero attached hydrogens (tertiary/aromatic N) is 2. The van der Waals surface area contributed by atoms with Crippen molar-refractivity contribution in [2.24, 2.45) is 0 Å². The molecule has 0 aliphatic heterocycles. The van der Waals surface area contributed by atoms with Crippen LogP contribution in [0.4, 0.5) is 0 Å². The molecule has 0 radical (unpaired) electrons. The first-order valence-corrected chi connectivity index (χ1v) is 8.83. The maximum Gasteiger partial charge on any atom is 0.209 e. The Hall–Kier alpha value is -1.11. The third kappa shape index (κ3) is 3.96. The molecule has 0 atom stereocenters. The van der Waals surface area contributed by atoms with Crippen molar-refractivity contribution in [3.8, 4) is 11.4 Å². The fourth-order valence-corrected chi connectivity index (χ4v) is 3.27. The molecular formula is C15H11Br2N3S. The first-order valence-electron chi connectivity index (χ1n) is 6.26. The van der Waals surface area contributed by atoms with E-state index in [9.17, 15) is 0 Å². The molecule has 3 aromatic rings. The lowest BCUT2D eigenvalue weighted by molar-refractivity contribution is 0.973. The molecule has 0 aliphatic carbocycles. The average molecular weight is 425 g/mol. The van der Waals surface area contributed by atoms with E-state index in [0.29, 0.717) is 0 Å². The van der Waals surface area contributed by atoms with E-state index in [4.69, 9.17) is 0 Å². The van der Waals surface area contributed by atoms with Crippen LogP contribution in [0.15, 0.2) is 62.6 Å². The molecule has 106 valence electrons. The lowest BCUT2D eigenvalue weighted by atomic mass is 10.2. The maximum atomic E-state index is 4.52. The molecule has 0 bridgehead atoms. The summed E-state index contributed by atoms with van der Waals surface area (Å²) in [6.07, 6.45) is 0. The summed E-state index contributed by atoms with van der Waals surface area (Å²) in [7, 11) is 0. The molecule has 1 aromatic heterocycles. The zero-order chi connectivity index (χ0) is 14.7. The average Bonchev–Trinajstić information content (AvgIpc) is 2.95. The lowest BCUT2D eigenvalue weighted by Gasteiger charge is -1.99. The smallest absolute Gasteiger partial charge is 0.209 e. The number of thioether (sulfide) groups is 1. The van der Waals surface area contributed by atoms with E-state index in [-0.39, 0.29) is 0 Å². The van der Waals surface area contributed by atoms with Gasteiger partial charge in [-0.1, -0.05) is 67.9 Å². The van der Waals surface area contributed by atoms with Crippen LogP contribution in [0.2, 0.25) is 0 Å². The van der Waals surface area contributed by atoms with Gasteiger partial charge < -0.3 is 0 Å². The highest BCUT2D eigenvalue weighted by atomic mass is 79.9. The predicted octanol–water partition coefficient (Wildman–Crippen LogP) is 5.29. The van der Waals surface area contributed by atoms with Crippen LogP contribution in [-0.2, 0) is 5.75 Å². The normalized spacial score (nSPS) is 10.8. The van der Waals surface area contributed by atoms with E-state index in [1.54, 1.807) is 11.8 Å². The first kappa shape index (κ1) is 14.8. The summed E-state index contributed by atoms with van der Waals surface area (Å²) < 4.78 is 2.14. The lowest BCUT2D eigenvalue weighted by Crippen LogP contribution is -1.82. The van der Waals surface area contributed by atoms with Crippen LogP contribution in [-0.4, -0.2) is 15.2 Å². The quantitative estimate of drug-likeness (QED) is 0.578. The number of aromatic nitrogens is 3. The highest BCUT2D eigenvalue weighted by molar-refractivity contribution is 9.10. The Kier molecular flexibility index (Phi) is 4.77. The number of hydrogen-bond donors (Lipinski definition) is 1. The zero-order valence-corrected chi connectivity index (χ0v) is 14.9. The molecule has 0 amide bonds. The standard InChI is InChI=1S/C15H11Br2N3S/c16-12-6-4-11(5-7-12)14-18-15(20-19-14)21-9-10-2-1-3-13(17)8-10/h1-8H,9H2,(H,18,19,20). The summed E-state index contributed by atoms with van der Waals surface area (Å²) in [6.45, 7) is 0. The summed E-state index contributed by atoms with van der Waals surface area (Å²) in [4.78, 5) is 4.52. The summed E-state index contributed by atoms with van der Waals surface area (Å²) in [5.74, 6) is 1.64. The minimum Gasteiger partial charge on any atom is -0.258 e. The molecule has 3 nitrogen and oxygen atoms in total. The summed E-state index contributed by atoms with van der Waals surface area (Å²) in [6, 6.07) is 16.3. The summed E-state index contributed by atoms with van der Waals surface area (Å²) in [5.41, 5.74) is 2.27. The number of benzene rings is 2. The molecule has 6 heteroatoms. The van der Waals surface area contributed by atoms with Gasteiger partial charge in [-0.15, -0.1) is 5.10 Å². The molecule has 1 heterocycles. The van der Waals surface area contributed by atoms with Crippen molar-refractivity contribution in [1.82, 2.24) is 15.2 Å². The molecule has 0 unspecified atom stereocenters. The van der Waals surface area contributed by atoms with Crippen molar-refractivity contribution in [1.29, 1.82) is 0 Å². The van der Waals surface area contributed by atoms with Crippen LogP contribution >= 0.6 is 43.6 Å². The molecular weight excluding hydrogens is 414 g/mol. The molecule has 0 fully saturated rings. The van der Waals surface area contributed by atoms with Gasteiger partial charge in [0.05, 0.1) is 0 Å². The van der Waals surface area contributed by atoms with Gasteiger partial charge in [0, 0.05) is 20.3 Å². The number of H-pyrrole nitrogens is 1. The molecule has 0 saturated carbocycles. The second-order valence-electron chi connectivity index (χ2n) is 4.39. The number of rotatable bonds is 4. The Morgan fingerprint density at radius 3 is 2.57 bits per heavy atom. The highest BCUT2D eigenvalue weighted by Gasteiger charge is 2.06. The Bertz CT molecular complexity index is 741. The minimum atomic E-state index is 0.757. The monoisotopic (exact) mass is 423 g/mol.